The third-order valence-electron chi connectivity index (χ3n) is 6.65. The van der Waals surface area contributed by atoms with Gasteiger partial charge in [0, 0.05) is 25.4 Å². The zero-order chi connectivity index (χ0) is 18.1. The minimum absolute atomic E-state index is 0.0733. The van der Waals surface area contributed by atoms with Gasteiger partial charge in [0.1, 0.15) is 5.75 Å². The van der Waals surface area contributed by atoms with Crippen molar-refractivity contribution in [2.75, 3.05) is 20.2 Å². The molecular formula is C21H31NO3. The summed E-state index contributed by atoms with van der Waals surface area (Å²) in [6, 6.07) is 7.98. The van der Waals surface area contributed by atoms with E-state index in [1.807, 2.05) is 30.0 Å². The van der Waals surface area contributed by atoms with Crippen LogP contribution in [0.1, 0.15) is 63.9 Å². The molecule has 1 aliphatic carbocycles. The lowest BCUT2D eigenvalue weighted by Gasteiger charge is -2.44. The van der Waals surface area contributed by atoms with E-state index in [2.05, 4.69) is 13.0 Å². The number of ether oxygens (including phenoxy) is 1. The summed E-state index contributed by atoms with van der Waals surface area (Å²) >= 11 is 0. The summed E-state index contributed by atoms with van der Waals surface area (Å²) in [6.45, 7) is 5.39. The number of hydrogen-bond donors (Lipinski definition) is 1. The molecule has 1 aromatic rings. The largest absolute Gasteiger partial charge is 0.497 e. The van der Waals surface area contributed by atoms with Crippen molar-refractivity contribution >= 4 is 5.91 Å². The highest BCUT2D eigenvalue weighted by atomic mass is 16.5. The Balaban J connectivity index is 1.74. The Morgan fingerprint density at radius 3 is 2.72 bits per heavy atom. The quantitative estimate of drug-likeness (QED) is 0.854. The molecule has 1 aliphatic heterocycles. The van der Waals surface area contributed by atoms with Gasteiger partial charge in [0.15, 0.2) is 0 Å². The first-order valence-electron chi connectivity index (χ1n) is 9.55. The predicted octanol–water partition coefficient (Wildman–Crippen LogP) is 3.73. The number of hydrogen-bond acceptors (Lipinski definition) is 3. The van der Waals surface area contributed by atoms with Gasteiger partial charge in [-0.2, -0.15) is 0 Å². The molecule has 138 valence electrons. The summed E-state index contributed by atoms with van der Waals surface area (Å²) in [7, 11) is 1.66. The van der Waals surface area contributed by atoms with Crippen LogP contribution < -0.4 is 4.74 Å². The molecule has 1 amide bonds. The average Bonchev–Trinajstić information content (AvgIpc) is 3.22. The van der Waals surface area contributed by atoms with Crippen LogP contribution in [0.5, 0.6) is 5.75 Å². The number of aliphatic hydroxyl groups is 1. The number of likely N-dealkylation sites (tertiary alicyclic amines) is 1. The second kappa shape index (κ2) is 6.99. The molecule has 2 fully saturated rings. The van der Waals surface area contributed by atoms with E-state index >= 15 is 0 Å². The minimum Gasteiger partial charge on any atom is -0.497 e. The molecule has 2 aliphatic rings. The Morgan fingerprint density at radius 2 is 2.08 bits per heavy atom. The van der Waals surface area contributed by atoms with Crippen LogP contribution in [0.2, 0.25) is 0 Å². The fraction of sp³-hybridized carbons (Fsp3) is 0.667. The lowest BCUT2D eigenvalue weighted by molar-refractivity contribution is -0.137. The highest BCUT2D eigenvalue weighted by Gasteiger charge is 2.49. The fourth-order valence-electron chi connectivity index (χ4n) is 4.71. The van der Waals surface area contributed by atoms with Crippen molar-refractivity contribution in [3.8, 4) is 5.75 Å². The third-order valence-corrected chi connectivity index (χ3v) is 6.65. The van der Waals surface area contributed by atoms with E-state index in [4.69, 9.17) is 4.74 Å². The molecule has 25 heavy (non-hydrogen) atoms. The molecule has 3 rings (SSSR count). The Labute approximate surface area is 151 Å². The summed E-state index contributed by atoms with van der Waals surface area (Å²) in [5.74, 6) is 1.16. The van der Waals surface area contributed by atoms with Gasteiger partial charge in [-0.1, -0.05) is 38.8 Å². The van der Waals surface area contributed by atoms with E-state index < -0.39 is 5.60 Å². The number of nitrogens with zero attached hydrogens (tertiary/aromatic N) is 1. The van der Waals surface area contributed by atoms with E-state index in [1.165, 1.54) is 12.8 Å². The van der Waals surface area contributed by atoms with Crippen LogP contribution in [0.15, 0.2) is 24.3 Å². The Hall–Kier alpha value is -1.55. The summed E-state index contributed by atoms with van der Waals surface area (Å²) < 4.78 is 5.31. The first-order valence-corrected chi connectivity index (χ1v) is 9.55. The van der Waals surface area contributed by atoms with Gasteiger partial charge in [-0.25, -0.2) is 0 Å². The van der Waals surface area contributed by atoms with Gasteiger partial charge in [-0.05, 0) is 42.4 Å². The van der Waals surface area contributed by atoms with E-state index in [0.717, 1.165) is 24.2 Å². The van der Waals surface area contributed by atoms with Crippen LogP contribution >= 0.6 is 0 Å². The molecule has 2 atom stereocenters. The maximum Gasteiger partial charge on any atom is 0.223 e. The molecule has 1 aromatic carbocycles. The number of β-amino-alcohol motifs (C(OH)–C–C–N with tert-alkyl or cyclic N) is 1. The minimum atomic E-state index is -0.789. The normalized spacial score (nSPS) is 25.2. The molecule has 4 heteroatoms. The van der Waals surface area contributed by atoms with Crippen LogP contribution in [-0.2, 0) is 4.79 Å². The standard InChI is InChI=1S/C21H31NO3/c1-4-21(24,20(2)10-5-6-11-20)15-22-14-17(13-19(22)23)16-8-7-9-18(12-16)25-3/h7-9,12,17,24H,4-6,10-11,13-15H2,1-3H3/t17-,21-/m1/s1. The number of rotatable bonds is 6. The number of amides is 1. The lowest BCUT2D eigenvalue weighted by Crippen LogP contribution is -2.53. The maximum atomic E-state index is 12.6. The molecule has 0 unspecified atom stereocenters. The van der Waals surface area contributed by atoms with Crippen molar-refractivity contribution in [2.24, 2.45) is 5.41 Å². The van der Waals surface area contributed by atoms with Crippen molar-refractivity contribution in [2.45, 2.75) is 63.9 Å². The van der Waals surface area contributed by atoms with E-state index in [1.54, 1.807) is 7.11 Å². The van der Waals surface area contributed by atoms with Crippen molar-refractivity contribution in [3.05, 3.63) is 29.8 Å². The van der Waals surface area contributed by atoms with Gasteiger partial charge in [0.25, 0.3) is 0 Å². The molecular weight excluding hydrogens is 314 g/mol. The number of carbonyl (C=O) groups excluding carboxylic acids is 1. The highest BCUT2D eigenvalue weighted by molar-refractivity contribution is 5.80. The molecule has 4 nitrogen and oxygen atoms in total. The molecule has 1 saturated carbocycles. The van der Waals surface area contributed by atoms with Crippen molar-refractivity contribution in [1.29, 1.82) is 0 Å². The number of benzene rings is 1. The van der Waals surface area contributed by atoms with Crippen LogP contribution in [0.3, 0.4) is 0 Å². The summed E-state index contributed by atoms with van der Waals surface area (Å²) in [5.41, 5.74) is 0.278. The first kappa shape index (κ1) is 18.2. The van der Waals surface area contributed by atoms with Crippen LogP contribution in [0.25, 0.3) is 0 Å². The zero-order valence-corrected chi connectivity index (χ0v) is 15.8. The monoisotopic (exact) mass is 345 g/mol. The second-order valence-electron chi connectivity index (χ2n) is 8.10. The molecule has 0 aromatic heterocycles. The van der Waals surface area contributed by atoms with Gasteiger partial charge in [0.2, 0.25) is 5.91 Å². The Kier molecular flexibility index (Phi) is 5.10. The highest BCUT2D eigenvalue weighted by Crippen LogP contribution is 2.48. The van der Waals surface area contributed by atoms with E-state index in [9.17, 15) is 9.90 Å². The van der Waals surface area contributed by atoms with E-state index in [-0.39, 0.29) is 17.2 Å². The van der Waals surface area contributed by atoms with Crippen LogP contribution in [-0.4, -0.2) is 41.7 Å². The topological polar surface area (TPSA) is 49.8 Å². The zero-order valence-electron chi connectivity index (χ0n) is 15.8. The van der Waals surface area contributed by atoms with Gasteiger partial charge in [-0.15, -0.1) is 0 Å². The molecule has 0 spiro atoms. The first-order chi connectivity index (χ1) is 11.9. The van der Waals surface area contributed by atoms with Crippen molar-refractivity contribution in [3.63, 3.8) is 0 Å². The smallest absolute Gasteiger partial charge is 0.223 e. The second-order valence-corrected chi connectivity index (χ2v) is 8.10. The Morgan fingerprint density at radius 1 is 1.36 bits per heavy atom. The summed E-state index contributed by atoms with van der Waals surface area (Å²) in [5, 5.41) is 11.4. The van der Waals surface area contributed by atoms with Gasteiger partial charge in [0.05, 0.1) is 12.7 Å². The van der Waals surface area contributed by atoms with Crippen LogP contribution in [0.4, 0.5) is 0 Å². The summed E-state index contributed by atoms with van der Waals surface area (Å²) in [4.78, 5) is 14.5. The predicted molar refractivity (Wildman–Crippen MR) is 98.7 cm³/mol. The number of carbonyl (C=O) groups is 1. The van der Waals surface area contributed by atoms with Crippen molar-refractivity contribution < 1.29 is 14.6 Å². The molecule has 1 N–H and O–H groups in total. The SMILES string of the molecule is CC[C@@](O)(CN1C[C@H](c2cccc(OC)c2)CC1=O)C1(C)CCCC1. The summed E-state index contributed by atoms with van der Waals surface area (Å²) in [6.07, 6.45) is 5.68. The maximum absolute atomic E-state index is 12.6. The fourth-order valence-corrected chi connectivity index (χ4v) is 4.71. The molecule has 1 heterocycles. The average molecular weight is 345 g/mol. The number of methoxy groups -OCH3 is 1. The van der Waals surface area contributed by atoms with Crippen LogP contribution in [0, 0.1) is 5.41 Å². The van der Waals surface area contributed by atoms with E-state index in [0.29, 0.717) is 25.9 Å². The van der Waals surface area contributed by atoms with Gasteiger partial charge < -0.3 is 14.7 Å². The van der Waals surface area contributed by atoms with Crippen molar-refractivity contribution in [1.82, 2.24) is 4.90 Å². The van der Waals surface area contributed by atoms with Gasteiger partial charge in [-0.3, -0.25) is 4.79 Å². The third kappa shape index (κ3) is 3.41. The Bertz CT molecular complexity index is 623. The molecule has 0 bridgehead atoms. The lowest BCUT2D eigenvalue weighted by atomic mass is 9.70. The molecule has 0 radical (unpaired) electrons. The molecule has 1 saturated heterocycles. The van der Waals surface area contributed by atoms with Gasteiger partial charge >= 0.3 is 0 Å².